The Morgan fingerprint density at radius 2 is 2.00 bits per heavy atom. The smallest absolute Gasteiger partial charge is 0.291 e. The van der Waals surface area contributed by atoms with E-state index in [1.165, 1.54) is 0 Å². The number of aryl methyl sites for hydroxylation is 1. The molecule has 1 atom stereocenters. The van der Waals surface area contributed by atoms with Crippen molar-refractivity contribution in [2.75, 3.05) is 26.3 Å². The van der Waals surface area contributed by atoms with Crippen molar-refractivity contribution < 1.29 is 14.1 Å². The third-order valence-corrected chi connectivity index (χ3v) is 5.39. The molecule has 8 heteroatoms. The first-order chi connectivity index (χ1) is 13.3. The summed E-state index contributed by atoms with van der Waals surface area (Å²) in [6.07, 6.45) is 8.95. The Balaban J connectivity index is 1.29. The van der Waals surface area contributed by atoms with Crippen LogP contribution in [-0.2, 0) is 11.2 Å². The molecule has 2 saturated heterocycles. The van der Waals surface area contributed by atoms with Crippen LogP contribution < -0.4 is 0 Å². The summed E-state index contributed by atoms with van der Waals surface area (Å²) in [4.78, 5) is 27.2. The number of aromatic nitrogens is 4. The third kappa shape index (κ3) is 4.50. The summed E-state index contributed by atoms with van der Waals surface area (Å²) >= 11 is 0. The van der Waals surface area contributed by atoms with Gasteiger partial charge in [-0.05, 0) is 44.1 Å². The Labute approximate surface area is 158 Å². The summed E-state index contributed by atoms with van der Waals surface area (Å²) in [6.45, 7) is 3.03. The van der Waals surface area contributed by atoms with Crippen molar-refractivity contribution in [3.8, 4) is 0 Å². The minimum absolute atomic E-state index is 0.0818. The molecule has 0 aromatic carbocycles. The number of carbonyl (C=O) groups excluding carboxylic acids is 1. The molecule has 144 valence electrons. The second-order valence-corrected chi connectivity index (χ2v) is 7.31. The Morgan fingerprint density at radius 3 is 2.81 bits per heavy atom. The van der Waals surface area contributed by atoms with E-state index >= 15 is 0 Å². The number of carbonyl (C=O) groups is 1. The Bertz CT molecular complexity index is 745. The van der Waals surface area contributed by atoms with Gasteiger partial charge in [0.2, 0.25) is 11.7 Å². The summed E-state index contributed by atoms with van der Waals surface area (Å²) in [5, 5.41) is 4.15. The molecule has 2 fully saturated rings. The molecule has 8 nitrogen and oxygen atoms in total. The summed E-state index contributed by atoms with van der Waals surface area (Å²) in [7, 11) is 0. The molecular formula is C19H25N5O3. The van der Waals surface area contributed by atoms with Gasteiger partial charge in [0.1, 0.15) is 0 Å². The molecule has 0 bridgehead atoms. The van der Waals surface area contributed by atoms with Crippen LogP contribution in [0, 0.1) is 5.92 Å². The highest BCUT2D eigenvalue weighted by molar-refractivity contribution is 5.90. The van der Waals surface area contributed by atoms with E-state index in [-0.39, 0.29) is 11.7 Å². The lowest BCUT2D eigenvalue weighted by Gasteiger charge is -2.32. The first kappa shape index (κ1) is 18.0. The number of hydrogen-bond acceptors (Lipinski definition) is 7. The maximum Gasteiger partial charge on any atom is 0.291 e. The second kappa shape index (κ2) is 8.56. The lowest BCUT2D eigenvalue weighted by molar-refractivity contribution is 0.0655. The van der Waals surface area contributed by atoms with E-state index in [0.29, 0.717) is 11.8 Å². The van der Waals surface area contributed by atoms with Crippen molar-refractivity contribution in [3.63, 3.8) is 0 Å². The first-order valence-electron chi connectivity index (χ1n) is 9.76. The monoisotopic (exact) mass is 371 g/mol. The number of rotatable bonds is 5. The van der Waals surface area contributed by atoms with Crippen molar-refractivity contribution >= 4 is 5.91 Å². The van der Waals surface area contributed by atoms with Gasteiger partial charge in [0.15, 0.2) is 5.82 Å². The van der Waals surface area contributed by atoms with Crippen LogP contribution in [0.15, 0.2) is 23.0 Å². The van der Waals surface area contributed by atoms with Gasteiger partial charge in [0.05, 0.1) is 0 Å². The molecule has 0 spiro atoms. The van der Waals surface area contributed by atoms with Crippen molar-refractivity contribution in [3.05, 3.63) is 36.0 Å². The number of nitrogens with zero attached hydrogens (tertiary/aromatic N) is 5. The molecule has 0 saturated carbocycles. The molecule has 2 aliphatic rings. The van der Waals surface area contributed by atoms with E-state index in [1.807, 2.05) is 4.90 Å². The number of amides is 1. The van der Waals surface area contributed by atoms with Crippen LogP contribution in [0.2, 0.25) is 0 Å². The van der Waals surface area contributed by atoms with Crippen molar-refractivity contribution in [2.24, 2.45) is 5.92 Å². The highest BCUT2D eigenvalue weighted by Gasteiger charge is 2.27. The highest BCUT2D eigenvalue weighted by atomic mass is 16.5. The van der Waals surface area contributed by atoms with E-state index in [1.54, 1.807) is 18.5 Å². The number of ether oxygens (including phenoxy) is 1. The molecular weight excluding hydrogens is 346 g/mol. The molecule has 2 aliphatic heterocycles. The normalized spacial score (nSPS) is 21.3. The average Bonchev–Trinajstić information content (AvgIpc) is 3.22. The number of piperidine rings is 1. The lowest BCUT2D eigenvalue weighted by Crippen LogP contribution is -2.40. The Kier molecular flexibility index (Phi) is 5.72. The van der Waals surface area contributed by atoms with Crippen molar-refractivity contribution in [2.45, 2.75) is 44.4 Å². The Morgan fingerprint density at radius 1 is 1.19 bits per heavy atom. The summed E-state index contributed by atoms with van der Waals surface area (Å²) in [5.74, 6) is 2.48. The molecule has 2 aromatic heterocycles. The predicted molar refractivity (Wildman–Crippen MR) is 96.1 cm³/mol. The quantitative estimate of drug-likeness (QED) is 0.795. The van der Waals surface area contributed by atoms with Crippen LogP contribution in [0.4, 0.5) is 0 Å². The zero-order valence-electron chi connectivity index (χ0n) is 15.4. The minimum Gasteiger partial charge on any atom is -0.381 e. The molecule has 27 heavy (non-hydrogen) atoms. The molecule has 4 rings (SSSR count). The van der Waals surface area contributed by atoms with Crippen molar-refractivity contribution in [1.82, 2.24) is 25.0 Å². The zero-order valence-corrected chi connectivity index (χ0v) is 15.4. The van der Waals surface area contributed by atoms with Crippen LogP contribution in [0.5, 0.6) is 0 Å². The van der Waals surface area contributed by atoms with Gasteiger partial charge in [0.25, 0.3) is 5.91 Å². The fourth-order valence-electron chi connectivity index (χ4n) is 3.85. The van der Waals surface area contributed by atoms with E-state index in [4.69, 9.17) is 9.26 Å². The largest absolute Gasteiger partial charge is 0.381 e. The third-order valence-electron chi connectivity index (χ3n) is 5.39. The molecule has 1 amide bonds. The van der Waals surface area contributed by atoms with Crippen LogP contribution >= 0.6 is 0 Å². The molecule has 4 heterocycles. The van der Waals surface area contributed by atoms with Gasteiger partial charge in [-0.3, -0.25) is 4.79 Å². The van der Waals surface area contributed by atoms with Gasteiger partial charge in [-0.15, -0.1) is 0 Å². The Hall–Kier alpha value is -2.35. The van der Waals surface area contributed by atoms with E-state index in [0.717, 1.165) is 76.5 Å². The summed E-state index contributed by atoms with van der Waals surface area (Å²) in [5.41, 5.74) is 0. The zero-order chi connectivity index (χ0) is 18.5. The van der Waals surface area contributed by atoms with Crippen LogP contribution in [0.25, 0.3) is 0 Å². The number of hydrogen-bond donors (Lipinski definition) is 0. The van der Waals surface area contributed by atoms with Crippen LogP contribution in [-0.4, -0.2) is 57.2 Å². The van der Waals surface area contributed by atoms with Gasteiger partial charge in [-0.1, -0.05) is 5.16 Å². The molecule has 0 radical (unpaired) electrons. The highest BCUT2D eigenvalue weighted by Crippen LogP contribution is 2.26. The van der Waals surface area contributed by atoms with Gasteiger partial charge in [-0.25, -0.2) is 9.97 Å². The summed E-state index contributed by atoms with van der Waals surface area (Å²) < 4.78 is 10.8. The molecule has 0 N–H and O–H groups in total. The first-order valence-corrected chi connectivity index (χ1v) is 9.76. The standard InChI is InChI=1S/C19H25N5O3/c25-19(17-20-8-2-9-21-17)24-10-1-3-14(13-24)4-5-16-22-18(27-23-16)15-6-11-26-12-7-15/h2,8-9,14-15H,1,3-7,10-13H2. The molecule has 0 aliphatic carbocycles. The SMILES string of the molecule is O=C(c1ncccn1)N1CCCC(CCc2noc(C3CCOCC3)n2)C1. The second-order valence-electron chi connectivity index (χ2n) is 7.31. The molecule has 2 aromatic rings. The summed E-state index contributed by atoms with van der Waals surface area (Å²) in [6, 6.07) is 1.72. The minimum atomic E-state index is -0.0818. The maximum absolute atomic E-state index is 12.5. The molecule has 1 unspecified atom stereocenters. The fraction of sp³-hybridized carbons (Fsp3) is 0.632. The van der Waals surface area contributed by atoms with E-state index < -0.39 is 0 Å². The topological polar surface area (TPSA) is 94.2 Å². The maximum atomic E-state index is 12.5. The average molecular weight is 371 g/mol. The van der Waals surface area contributed by atoms with Gasteiger partial charge < -0.3 is 14.2 Å². The van der Waals surface area contributed by atoms with Crippen LogP contribution in [0.3, 0.4) is 0 Å². The van der Waals surface area contributed by atoms with E-state index in [2.05, 4.69) is 20.1 Å². The van der Waals surface area contributed by atoms with Gasteiger partial charge >= 0.3 is 0 Å². The lowest BCUT2D eigenvalue weighted by atomic mass is 9.93. The van der Waals surface area contributed by atoms with Gasteiger partial charge in [0, 0.05) is 51.0 Å². The fourth-order valence-corrected chi connectivity index (χ4v) is 3.85. The van der Waals surface area contributed by atoms with E-state index in [9.17, 15) is 4.79 Å². The van der Waals surface area contributed by atoms with Crippen molar-refractivity contribution in [1.29, 1.82) is 0 Å². The van der Waals surface area contributed by atoms with Crippen LogP contribution in [0.1, 0.15) is 60.4 Å². The predicted octanol–water partition coefficient (Wildman–Crippen LogP) is 2.24. The number of likely N-dealkylation sites (tertiary alicyclic amines) is 1. The van der Waals surface area contributed by atoms with Gasteiger partial charge in [-0.2, -0.15) is 4.98 Å².